The number of nitrogens with zero attached hydrogens (tertiary/aromatic N) is 2. The van der Waals surface area contributed by atoms with Crippen molar-refractivity contribution in [3.05, 3.63) is 30.1 Å². The second-order valence-electron chi connectivity index (χ2n) is 5.65. The van der Waals surface area contributed by atoms with Crippen molar-refractivity contribution in [3.63, 3.8) is 0 Å². The summed E-state index contributed by atoms with van der Waals surface area (Å²) in [5.41, 5.74) is -0.232. The Morgan fingerprint density at radius 2 is 2.25 bits per heavy atom. The van der Waals surface area contributed by atoms with E-state index in [9.17, 15) is 15.0 Å². The van der Waals surface area contributed by atoms with Gasteiger partial charge in [0.25, 0.3) is 0 Å². The van der Waals surface area contributed by atoms with E-state index in [2.05, 4.69) is 4.98 Å². The van der Waals surface area contributed by atoms with Crippen molar-refractivity contribution in [1.29, 1.82) is 0 Å². The quantitative estimate of drug-likeness (QED) is 0.822. The molecule has 0 saturated carbocycles. The van der Waals surface area contributed by atoms with Crippen LogP contribution in [0, 0.1) is 0 Å². The van der Waals surface area contributed by atoms with Gasteiger partial charge in [0, 0.05) is 18.8 Å². The Labute approximate surface area is 118 Å². The SMILES string of the molecule is CC(C)(O)C1CCCN1C(=O)/C=C/c1cncc(O)c1. The lowest BCUT2D eigenvalue weighted by Gasteiger charge is -2.33. The Hall–Kier alpha value is -1.88. The Balaban J connectivity index is 2.08. The van der Waals surface area contributed by atoms with Crippen LogP contribution in [0.15, 0.2) is 24.5 Å². The number of hydrogen-bond donors (Lipinski definition) is 2. The number of likely N-dealkylation sites (tertiary alicyclic amines) is 1. The summed E-state index contributed by atoms with van der Waals surface area (Å²) < 4.78 is 0. The molecule has 0 aromatic carbocycles. The summed E-state index contributed by atoms with van der Waals surface area (Å²) in [6.07, 6.45) is 7.71. The Bertz CT molecular complexity index is 520. The van der Waals surface area contributed by atoms with Crippen LogP contribution in [0.5, 0.6) is 5.75 Å². The van der Waals surface area contributed by atoms with E-state index < -0.39 is 5.60 Å². The van der Waals surface area contributed by atoms with E-state index in [-0.39, 0.29) is 17.7 Å². The monoisotopic (exact) mass is 276 g/mol. The van der Waals surface area contributed by atoms with E-state index in [1.165, 1.54) is 18.3 Å². The van der Waals surface area contributed by atoms with Crippen molar-refractivity contribution in [3.8, 4) is 5.75 Å². The number of rotatable bonds is 3. The molecule has 1 aromatic rings. The highest BCUT2D eigenvalue weighted by molar-refractivity contribution is 5.92. The van der Waals surface area contributed by atoms with E-state index in [0.29, 0.717) is 12.1 Å². The third kappa shape index (κ3) is 3.36. The third-order valence-electron chi connectivity index (χ3n) is 3.51. The van der Waals surface area contributed by atoms with Gasteiger partial charge in [0.15, 0.2) is 0 Å². The second kappa shape index (κ2) is 5.63. The molecule has 1 saturated heterocycles. The van der Waals surface area contributed by atoms with Gasteiger partial charge in [-0.1, -0.05) is 0 Å². The molecule has 5 heteroatoms. The molecule has 108 valence electrons. The number of hydrogen-bond acceptors (Lipinski definition) is 4. The van der Waals surface area contributed by atoms with Gasteiger partial charge in [0.1, 0.15) is 5.75 Å². The number of aromatic hydroxyl groups is 1. The molecule has 0 bridgehead atoms. The first kappa shape index (κ1) is 14.5. The van der Waals surface area contributed by atoms with Crippen molar-refractivity contribution >= 4 is 12.0 Å². The molecule has 0 radical (unpaired) electrons. The lowest BCUT2D eigenvalue weighted by Crippen LogP contribution is -2.47. The van der Waals surface area contributed by atoms with E-state index in [0.717, 1.165) is 12.8 Å². The summed E-state index contributed by atoms with van der Waals surface area (Å²) in [6.45, 7) is 4.12. The number of amides is 1. The molecule has 1 aliphatic heterocycles. The van der Waals surface area contributed by atoms with Crippen LogP contribution in [-0.2, 0) is 4.79 Å². The summed E-state index contributed by atoms with van der Waals surface area (Å²) in [5.74, 6) is -0.0619. The molecule has 2 heterocycles. The largest absolute Gasteiger partial charge is 0.506 e. The van der Waals surface area contributed by atoms with Gasteiger partial charge in [-0.25, -0.2) is 0 Å². The van der Waals surface area contributed by atoms with E-state index in [1.54, 1.807) is 31.0 Å². The predicted octanol–water partition coefficient (Wildman–Crippen LogP) is 1.56. The van der Waals surface area contributed by atoms with Crippen LogP contribution in [0.1, 0.15) is 32.3 Å². The Kier molecular flexibility index (Phi) is 4.09. The minimum Gasteiger partial charge on any atom is -0.506 e. The topological polar surface area (TPSA) is 73.7 Å². The molecule has 2 N–H and O–H groups in total. The first-order chi connectivity index (χ1) is 9.38. The summed E-state index contributed by atoms with van der Waals surface area (Å²) in [6, 6.07) is 1.38. The van der Waals surface area contributed by atoms with Crippen LogP contribution < -0.4 is 0 Å². The van der Waals surface area contributed by atoms with Gasteiger partial charge in [0.2, 0.25) is 5.91 Å². The number of carbonyl (C=O) groups excluding carboxylic acids is 1. The van der Waals surface area contributed by atoms with Gasteiger partial charge in [-0.05, 0) is 44.4 Å². The summed E-state index contributed by atoms with van der Waals surface area (Å²) >= 11 is 0. The van der Waals surface area contributed by atoms with Crippen LogP contribution in [0.3, 0.4) is 0 Å². The zero-order chi connectivity index (χ0) is 14.8. The molecule has 1 aliphatic rings. The van der Waals surface area contributed by atoms with E-state index in [4.69, 9.17) is 0 Å². The first-order valence-corrected chi connectivity index (χ1v) is 6.73. The normalized spacial score (nSPS) is 19.8. The van der Waals surface area contributed by atoms with Crippen molar-refractivity contribution in [2.75, 3.05) is 6.54 Å². The van der Waals surface area contributed by atoms with Gasteiger partial charge in [-0.15, -0.1) is 0 Å². The Morgan fingerprint density at radius 3 is 2.90 bits per heavy atom. The lowest BCUT2D eigenvalue weighted by atomic mass is 9.96. The minimum atomic E-state index is -0.896. The number of carbonyl (C=O) groups is 1. The molecule has 5 nitrogen and oxygen atoms in total. The van der Waals surface area contributed by atoms with Crippen molar-refractivity contribution in [2.24, 2.45) is 0 Å². The first-order valence-electron chi connectivity index (χ1n) is 6.73. The average Bonchev–Trinajstić information content (AvgIpc) is 2.85. The lowest BCUT2D eigenvalue weighted by molar-refractivity contribution is -0.131. The molecule has 1 fully saturated rings. The van der Waals surface area contributed by atoms with Crippen LogP contribution in [0.4, 0.5) is 0 Å². The highest BCUT2D eigenvalue weighted by Crippen LogP contribution is 2.27. The molecular formula is C15H20N2O3. The molecular weight excluding hydrogens is 256 g/mol. The summed E-state index contributed by atoms with van der Waals surface area (Å²) in [5, 5.41) is 19.4. The van der Waals surface area contributed by atoms with Gasteiger partial charge in [-0.3, -0.25) is 9.78 Å². The fourth-order valence-corrected chi connectivity index (χ4v) is 2.56. The number of aliphatic hydroxyl groups is 1. The van der Waals surface area contributed by atoms with Crippen LogP contribution >= 0.6 is 0 Å². The zero-order valence-corrected chi connectivity index (χ0v) is 11.8. The number of pyridine rings is 1. The Morgan fingerprint density at radius 1 is 1.50 bits per heavy atom. The average molecular weight is 276 g/mol. The maximum Gasteiger partial charge on any atom is 0.246 e. The summed E-state index contributed by atoms with van der Waals surface area (Å²) in [4.78, 5) is 17.8. The maximum atomic E-state index is 12.2. The van der Waals surface area contributed by atoms with Crippen LogP contribution in [0.25, 0.3) is 6.08 Å². The highest BCUT2D eigenvalue weighted by atomic mass is 16.3. The van der Waals surface area contributed by atoms with E-state index in [1.807, 2.05) is 0 Å². The standard InChI is InChI=1S/C15H20N2O3/c1-15(2,20)13-4-3-7-17(13)14(19)6-5-11-8-12(18)10-16-9-11/h5-6,8-10,13,18,20H,3-4,7H2,1-2H3/b6-5+. The molecule has 1 amide bonds. The van der Waals surface area contributed by atoms with Crippen molar-refractivity contribution in [2.45, 2.75) is 38.3 Å². The smallest absolute Gasteiger partial charge is 0.246 e. The fraction of sp³-hybridized carbons (Fsp3) is 0.467. The molecule has 1 unspecified atom stereocenters. The molecule has 1 atom stereocenters. The summed E-state index contributed by atoms with van der Waals surface area (Å²) in [7, 11) is 0. The molecule has 0 spiro atoms. The van der Waals surface area contributed by atoms with Gasteiger partial charge in [0.05, 0.1) is 17.8 Å². The molecule has 1 aromatic heterocycles. The highest BCUT2D eigenvalue weighted by Gasteiger charge is 2.37. The van der Waals surface area contributed by atoms with Crippen LogP contribution in [0.2, 0.25) is 0 Å². The molecule has 2 rings (SSSR count). The minimum absolute atomic E-state index is 0.0649. The fourth-order valence-electron chi connectivity index (χ4n) is 2.56. The third-order valence-corrected chi connectivity index (χ3v) is 3.51. The van der Waals surface area contributed by atoms with E-state index >= 15 is 0 Å². The van der Waals surface area contributed by atoms with Gasteiger partial charge >= 0.3 is 0 Å². The second-order valence-corrected chi connectivity index (χ2v) is 5.65. The molecule has 0 aliphatic carbocycles. The van der Waals surface area contributed by atoms with Crippen LogP contribution in [-0.4, -0.2) is 44.2 Å². The zero-order valence-electron chi connectivity index (χ0n) is 11.8. The predicted molar refractivity (Wildman–Crippen MR) is 76.0 cm³/mol. The maximum absolute atomic E-state index is 12.2. The molecule has 20 heavy (non-hydrogen) atoms. The van der Waals surface area contributed by atoms with Crippen molar-refractivity contribution < 1.29 is 15.0 Å². The number of aromatic nitrogens is 1. The van der Waals surface area contributed by atoms with Gasteiger partial charge in [-0.2, -0.15) is 0 Å². The van der Waals surface area contributed by atoms with Crippen molar-refractivity contribution in [1.82, 2.24) is 9.88 Å². The van der Waals surface area contributed by atoms with Gasteiger partial charge < -0.3 is 15.1 Å².